The quantitative estimate of drug-likeness (QED) is 0.717. The van der Waals surface area contributed by atoms with Crippen molar-refractivity contribution in [2.24, 2.45) is 0 Å². The van der Waals surface area contributed by atoms with Gasteiger partial charge in [-0.1, -0.05) is 6.07 Å². The van der Waals surface area contributed by atoms with Crippen LogP contribution >= 0.6 is 11.3 Å². The monoisotopic (exact) mass is 210 g/mol. The van der Waals surface area contributed by atoms with E-state index in [1.807, 2.05) is 17.5 Å². The zero-order valence-electron chi connectivity index (χ0n) is 8.29. The van der Waals surface area contributed by atoms with Crippen LogP contribution in [0.5, 0.6) is 0 Å². The standard InChI is InChI=1S/C11H14O2S/c1-13-11(6-2-3-7-11)10(12)9-5-4-8-14-9/h4-5,8H,2-3,6-7H2,1H3. The van der Waals surface area contributed by atoms with E-state index in [1.165, 1.54) is 11.3 Å². The summed E-state index contributed by atoms with van der Waals surface area (Å²) < 4.78 is 5.44. The maximum atomic E-state index is 12.1. The van der Waals surface area contributed by atoms with Crippen LogP contribution in [-0.4, -0.2) is 18.5 Å². The summed E-state index contributed by atoms with van der Waals surface area (Å²) in [6, 6.07) is 3.79. The number of carbonyl (C=O) groups excluding carboxylic acids is 1. The van der Waals surface area contributed by atoms with Gasteiger partial charge in [0.05, 0.1) is 4.88 Å². The number of ether oxygens (including phenoxy) is 1. The minimum absolute atomic E-state index is 0.174. The average Bonchev–Trinajstić information content (AvgIpc) is 2.89. The molecule has 0 aromatic carbocycles. The zero-order chi connectivity index (χ0) is 10.0. The highest BCUT2D eigenvalue weighted by molar-refractivity contribution is 7.12. The van der Waals surface area contributed by atoms with E-state index in [0.29, 0.717) is 0 Å². The fourth-order valence-corrected chi connectivity index (χ4v) is 2.86. The van der Waals surface area contributed by atoms with Gasteiger partial charge in [-0.25, -0.2) is 0 Å². The summed E-state index contributed by atoms with van der Waals surface area (Å²) in [5.41, 5.74) is -0.509. The molecule has 0 bridgehead atoms. The molecule has 1 aliphatic carbocycles. The Balaban J connectivity index is 2.24. The fourth-order valence-electron chi connectivity index (χ4n) is 2.10. The molecule has 3 heteroatoms. The van der Waals surface area contributed by atoms with Crippen molar-refractivity contribution in [3.63, 3.8) is 0 Å². The van der Waals surface area contributed by atoms with Gasteiger partial charge in [-0.15, -0.1) is 11.3 Å². The Morgan fingerprint density at radius 1 is 1.50 bits per heavy atom. The van der Waals surface area contributed by atoms with Gasteiger partial charge in [0.25, 0.3) is 0 Å². The van der Waals surface area contributed by atoms with Crippen molar-refractivity contribution in [3.8, 4) is 0 Å². The summed E-state index contributed by atoms with van der Waals surface area (Å²) in [7, 11) is 1.65. The smallest absolute Gasteiger partial charge is 0.204 e. The van der Waals surface area contributed by atoms with Gasteiger partial charge in [-0.3, -0.25) is 4.79 Å². The Labute approximate surface area is 87.9 Å². The molecule has 2 nitrogen and oxygen atoms in total. The van der Waals surface area contributed by atoms with Gasteiger partial charge < -0.3 is 4.74 Å². The molecule has 1 aromatic rings. The number of carbonyl (C=O) groups is 1. The number of Topliss-reactive ketones (excluding diaryl/α,β-unsaturated/α-hetero) is 1. The Hall–Kier alpha value is -0.670. The third-order valence-electron chi connectivity index (χ3n) is 2.96. The first-order chi connectivity index (χ1) is 6.78. The average molecular weight is 210 g/mol. The third-order valence-corrected chi connectivity index (χ3v) is 3.83. The fraction of sp³-hybridized carbons (Fsp3) is 0.545. The van der Waals surface area contributed by atoms with E-state index in [0.717, 1.165) is 30.6 Å². The summed E-state index contributed by atoms with van der Waals surface area (Å²) in [6.07, 6.45) is 3.95. The van der Waals surface area contributed by atoms with Crippen LogP contribution in [0.25, 0.3) is 0 Å². The van der Waals surface area contributed by atoms with Crippen LogP contribution in [0.3, 0.4) is 0 Å². The predicted octanol–water partition coefficient (Wildman–Crippen LogP) is 2.89. The minimum Gasteiger partial charge on any atom is -0.370 e. The van der Waals surface area contributed by atoms with Crippen LogP contribution in [0.15, 0.2) is 17.5 Å². The van der Waals surface area contributed by atoms with Crippen LogP contribution in [0.1, 0.15) is 35.4 Å². The molecular weight excluding hydrogens is 196 g/mol. The largest absolute Gasteiger partial charge is 0.370 e. The Morgan fingerprint density at radius 2 is 2.21 bits per heavy atom. The Bertz CT molecular complexity index is 310. The van der Waals surface area contributed by atoms with Crippen LogP contribution in [0.2, 0.25) is 0 Å². The maximum absolute atomic E-state index is 12.1. The molecule has 0 spiro atoms. The van der Waals surface area contributed by atoms with E-state index in [9.17, 15) is 4.79 Å². The number of hydrogen-bond donors (Lipinski definition) is 0. The van der Waals surface area contributed by atoms with E-state index in [-0.39, 0.29) is 5.78 Å². The van der Waals surface area contributed by atoms with Gasteiger partial charge >= 0.3 is 0 Å². The third kappa shape index (κ3) is 1.51. The predicted molar refractivity (Wildman–Crippen MR) is 56.9 cm³/mol. The molecule has 0 unspecified atom stereocenters. The van der Waals surface area contributed by atoms with Crippen molar-refractivity contribution < 1.29 is 9.53 Å². The molecule has 0 atom stereocenters. The SMILES string of the molecule is COC1(C(=O)c2cccs2)CCCC1. The first-order valence-corrected chi connectivity index (χ1v) is 5.80. The highest BCUT2D eigenvalue weighted by Gasteiger charge is 2.41. The topological polar surface area (TPSA) is 26.3 Å². The van der Waals surface area contributed by atoms with Crippen LogP contribution in [-0.2, 0) is 4.74 Å². The number of hydrogen-bond acceptors (Lipinski definition) is 3. The maximum Gasteiger partial charge on any atom is 0.204 e. The molecular formula is C11H14O2S. The van der Waals surface area contributed by atoms with E-state index in [2.05, 4.69) is 0 Å². The highest BCUT2D eigenvalue weighted by atomic mass is 32.1. The summed E-state index contributed by atoms with van der Waals surface area (Å²) in [5.74, 6) is 0.174. The number of thiophene rings is 1. The molecule has 0 radical (unpaired) electrons. The van der Waals surface area contributed by atoms with Crippen LogP contribution < -0.4 is 0 Å². The summed E-state index contributed by atoms with van der Waals surface area (Å²) >= 11 is 1.50. The zero-order valence-corrected chi connectivity index (χ0v) is 9.10. The molecule has 0 aliphatic heterocycles. The van der Waals surface area contributed by atoms with Crippen molar-refractivity contribution in [3.05, 3.63) is 22.4 Å². The van der Waals surface area contributed by atoms with Crippen molar-refractivity contribution in [2.45, 2.75) is 31.3 Å². The first kappa shape index (κ1) is 9.87. The van der Waals surface area contributed by atoms with E-state index < -0.39 is 5.60 Å². The number of rotatable bonds is 3. The molecule has 0 saturated heterocycles. The van der Waals surface area contributed by atoms with Gasteiger partial charge in [0, 0.05) is 7.11 Å². The molecule has 14 heavy (non-hydrogen) atoms. The lowest BCUT2D eigenvalue weighted by atomic mass is 9.95. The summed E-state index contributed by atoms with van der Waals surface area (Å²) in [6.45, 7) is 0. The molecule has 1 saturated carbocycles. The summed E-state index contributed by atoms with van der Waals surface area (Å²) in [4.78, 5) is 13.0. The molecule has 0 amide bonds. The second kappa shape index (κ2) is 3.83. The van der Waals surface area contributed by atoms with Crippen LogP contribution in [0, 0.1) is 0 Å². The second-order valence-electron chi connectivity index (χ2n) is 3.71. The van der Waals surface area contributed by atoms with E-state index in [4.69, 9.17) is 4.74 Å². The van der Waals surface area contributed by atoms with Gasteiger partial charge in [-0.05, 0) is 37.1 Å². The minimum atomic E-state index is -0.509. The molecule has 1 heterocycles. The van der Waals surface area contributed by atoms with Gasteiger partial charge in [0.15, 0.2) is 0 Å². The molecule has 1 fully saturated rings. The second-order valence-corrected chi connectivity index (χ2v) is 4.66. The molecule has 0 N–H and O–H groups in total. The van der Waals surface area contributed by atoms with Gasteiger partial charge in [-0.2, -0.15) is 0 Å². The van der Waals surface area contributed by atoms with Crippen molar-refractivity contribution in [1.82, 2.24) is 0 Å². The molecule has 76 valence electrons. The Kier molecular flexibility index (Phi) is 2.70. The number of ketones is 1. The Morgan fingerprint density at radius 3 is 2.71 bits per heavy atom. The first-order valence-electron chi connectivity index (χ1n) is 4.92. The van der Waals surface area contributed by atoms with Crippen LogP contribution in [0.4, 0.5) is 0 Å². The lowest BCUT2D eigenvalue weighted by Gasteiger charge is -2.24. The van der Waals surface area contributed by atoms with Crippen molar-refractivity contribution in [2.75, 3.05) is 7.11 Å². The molecule has 1 aromatic heterocycles. The lowest BCUT2D eigenvalue weighted by molar-refractivity contribution is 0.00639. The van der Waals surface area contributed by atoms with E-state index in [1.54, 1.807) is 7.11 Å². The van der Waals surface area contributed by atoms with Crippen molar-refractivity contribution in [1.29, 1.82) is 0 Å². The normalized spacial score (nSPS) is 19.8. The lowest BCUT2D eigenvalue weighted by Crippen LogP contribution is -2.37. The number of methoxy groups -OCH3 is 1. The molecule has 1 aliphatic rings. The van der Waals surface area contributed by atoms with Crippen molar-refractivity contribution >= 4 is 17.1 Å². The van der Waals surface area contributed by atoms with Gasteiger partial charge in [0.2, 0.25) is 5.78 Å². The highest BCUT2D eigenvalue weighted by Crippen LogP contribution is 2.36. The van der Waals surface area contributed by atoms with Gasteiger partial charge in [0.1, 0.15) is 5.60 Å². The molecule has 2 rings (SSSR count). The van der Waals surface area contributed by atoms with E-state index >= 15 is 0 Å². The summed E-state index contributed by atoms with van der Waals surface area (Å²) in [5, 5.41) is 1.94.